The molecule has 0 bridgehead atoms. The molecule has 24 heavy (non-hydrogen) atoms. The summed E-state index contributed by atoms with van der Waals surface area (Å²) in [5.74, 6) is -2.77. The van der Waals surface area contributed by atoms with Gasteiger partial charge in [-0.25, -0.2) is 0 Å². The van der Waals surface area contributed by atoms with Gasteiger partial charge in [0.1, 0.15) is 0 Å². The number of ketones is 2. The van der Waals surface area contributed by atoms with E-state index in [2.05, 4.69) is 0 Å². The predicted molar refractivity (Wildman–Crippen MR) is 82.7 cm³/mol. The Morgan fingerprint density at radius 2 is 1.00 bits per heavy atom. The fourth-order valence-corrected chi connectivity index (χ4v) is 4.51. The van der Waals surface area contributed by atoms with Crippen LogP contribution in [-0.4, -0.2) is 37.5 Å². The molecule has 3 rings (SSSR count). The van der Waals surface area contributed by atoms with E-state index in [0.717, 1.165) is 0 Å². The third-order valence-electron chi connectivity index (χ3n) is 3.51. The molecule has 0 amide bonds. The maximum Gasteiger partial charge on any atom is 0.300 e. The average molecular weight is 368 g/mol. The summed E-state index contributed by atoms with van der Waals surface area (Å²) in [6, 6.07) is 8.93. The van der Waals surface area contributed by atoms with E-state index in [0.29, 0.717) is 10.8 Å². The topological polar surface area (TPSA) is 143 Å². The largest absolute Gasteiger partial charge is 0.300 e. The SMILES string of the molecule is O=C1C(S(=O)(=O)O)=C(S(=O)(=O)O)C(=O)c2cc3ccccc3cc21. The molecule has 0 radical (unpaired) electrons. The van der Waals surface area contributed by atoms with Crippen molar-refractivity contribution in [3.8, 4) is 0 Å². The molecule has 0 aliphatic heterocycles. The van der Waals surface area contributed by atoms with Crippen molar-refractivity contribution < 1.29 is 35.5 Å². The molecule has 0 heterocycles. The van der Waals surface area contributed by atoms with E-state index in [1.165, 1.54) is 12.1 Å². The van der Waals surface area contributed by atoms with Crippen molar-refractivity contribution in [3.63, 3.8) is 0 Å². The number of Topliss-reactive ketones (excluding diaryl/α,β-unsaturated/α-hetero) is 2. The molecule has 0 saturated carbocycles. The summed E-state index contributed by atoms with van der Waals surface area (Å²) in [6.45, 7) is 0. The minimum absolute atomic E-state index is 0.376. The van der Waals surface area contributed by atoms with Crippen LogP contribution in [0, 0.1) is 0 Å². The molecule has 0 fully saturated rings. The van der Waals surface area contributed by atoms with E-state index >= 15 is 0 Å². The zero-order chi connectivity index (χ0) is 17.9. The van der Waals surface area contributed by atoms with Gasteiger partial charge in [-0.3, -0.25) is 18.7 Å². The number of fused-ring (bicyclic) bond motifs is 2. The van der Waals surface area contributed by atoms with E-state index in [4.69, 9.17) is 9.11 Å². The Balaban J connectivity index is 2.47. The average Bonchev–Trinajstić information content (AvgIpc) is 2.46. The fraction of sp³-hybridized carbons (Fsp3) is 0. The van der Waals surface area contributed by atoms with E-state index < -0.39 is 41.6 Å². The van der Waals surface area contributed by atoms with Crippen LogP contribution in [0.1, 0.15) is 20.7 Å². The summed E-state index contributed by atoms with van der Waals surface area (Å²) in [4.78, 5) is 21.5. The van der Waals surface area contributed by atoms with Crippen LogP contribution < -0.4 is 0 Å². The molecular weight excluding hydrogens is 360 g/mol. The zero-order valence-electron chi connectivity index (χ0n) is 11.6. The Morgan fingerprint density at radius 1 is 0.667 bits per heavy atom. The number of hydrogen-bond donors (Lipinski definition) is 2. The smallest absolute Gasteiger partial charge is 0.288 e. The second kappa shape index (κ2) is 5.05. The molecule has 0 unspecified atom stereocenters. The normalized spacial score (nSPS) is 15.8. The number of hydrogen-bond acceptors (Lipinski definition) is 6. The monoisotopic (exact) mass is 368 g/mol. The maximum atomic E-state index is 12.4. The number of rotatable bonds is 2. The highest BCUT2D eigenvalue weighted by Gasteiger charge is 2.43. The van der Waals surface area contributed by atoms with E-state index in [1.807, 2.05) is 0 Å². The van der Waals surface area contributed by atoms with Crippen molar-refractivity contribution in [2.24, 2.45) is 0 Å². The lowest BCUT2D eigenvalue weighted by atomic mass is 9.91. The van der Waals surface area contributed by atoms with Crippen LogP contribution in [0.5, 0.6) is 0 Å². The van der Waals surface area contributed by atoms with Crippen LogP contribution >= 0.6 is 0 Å². The molecule has 2 aromatic carbocycles. The molecule has 1 aliphatic rings. The summed E-state index contributed by atoms with van der Waals surface area (Å²) in [5, 5.41) is 1.00. The van der Waals surface area contributed by atoms with Crippen molar-refractivity contribution in [1.82, 2.24) is 0 Å². The second-order valence-electron chi connectivity index (χ2n) is 5.01. The van der Waals surface area contributed by atoms with Crippen molar-refractivity contribution in [1.29, 1.82) is 0 Å². The summed E-state index contributed by atoms with van der Waals surface area (Å²) in [6.07, 6.45) is 0. The van der Waals surface area contributed by atoms with Gasteiger partial charge in [0, 0.05) is 11.1 Å². The predicted octanol–water partition coefficient (Wildman–Crippen LogP) is 1.21. The first kappa shape index (κ1) is 16.5. The van der Waals surface area contributed by atoms with Gasteiger partial charge in [-0.15, -0.1) is 0 Å². The number of benzene rings is 2. The number of carbonyl (C=O) groups is 2. The molecule has 2 aromatic rings. The van der Waals surface area contributed by atoms with Gasteiger partial charge in [-0.05, 0) is 22.9 Å². The van der Waals surface area contributed by atoms with Crippen molar-refractivity contribution in [3.05, 3.63) is 57.3 Å². The van der Waals surface area contributed by atoms with Crippen LogP contribution in [0.3, 0.4) is 0 Å². The Labute approximate surface area is 135 Å². The Morgan fingerprint density at radius 3 is 1.29 bits per heavy atom. The lowest BCUT2D eigenvalue weighted by Crippen LogP contribution is -2.30. The molecule has 1 aliphatic carbocycles. The summed E-state index contributed by atoms with van der Waals surface area (Å²) < 4.78 is 64.0. The lowest BCUT2D eigenvalue weighted by Gasteiger charge is -2.18. The lowest BCUT2D eigenvalue weighted by molar-refractivity contribution is 0.0985. The second-order valence-corrected chi connectivity index (χ2v) is 7.73. The van der Waals surface area contributed by atoms with Crippen molar-refractivity contribution >= 4 is 42.6 Å². The van der Waals surface area contributed by atoms with Crippen molar-refractivity contribution in [2.75, 3.05) is 0 Å². The molecule has 10 heteroatoms. The molecular formula is C14H8O8S2. The summed E-state index contributed by atoms with van der Waals surface area (Å²) >= 11 is 0. The summed E-state index contributed by atoms with van der Waals surface area (Å²) in [5.41, 5.74) is -0.752. The van der Waals surface area contributed by atoms with Gasteiger partial charge in [0.2, 0.25) is 11.6 Å². The van der Waals surface area contributed by atoms with Gasteiger partial charge in [0.05, 0.1) is 0 Å². The van der Waals surface area contributed by atoms with Gasteiger partial charge < -0.3 is 0 Å². The van der Waals surface area contributed by atoms with Crippen LogP contribution in [0.4, 0.5) is 0 Å². The minimum atomic E-state index is -5.37. The standard InChI is InChI=1S/C14H8O8S2/c15-11-9-5-7-3-1-2-4-8(7)6-10(9)12(16)14(24(20,21)22)13(11)23(17,18)19/h1-6H,(H,17,18,19)(H,20,21,22). The van der Waals surface area contributed by atoms with Crippen molar-refractivity contribution in [2.45, 2.75) is 0 Å². The first-order valence-electron chi connectivity index (χ1n) is 6.33. The van der Waals surface area contributed by atoms with Crippen LogP contribution in [0.25, 0.3) is 10.8 Å². The van der Waals surface area contributed by atoms with Gasteiger partial charge >= 0.3 is 0 Å². The first-order valence-corrected chi connectivity index (χ1v) is 9.21. The molecule has 0 atom stereocenters. The van der Waals surface area contributed by atoms with Gasteiger partial charge in [0.25, 0.3) is 20.2 Å². The Kier molecular flexibility index (Phi) is 3.46. The molecule has 0 aromatic heterocycles. The number of carbonyl (C=O) groups excluding carboxylic acids is 2. The van der Waals surface area contributed by atoms with Gasteiger partial charge in [-0.2, -0.15) is 16.8 Å². The maximum absolute atomic E-state index is 12.4. The highest BCUT2D eigenvalue weighted by atomic mass is 32.2. The van der Waals surface area contributed by atoms with E-state index in [1.54, 1.807) is 24.3 Å². The summed E-state index contributed by atoms with van der Waals surface area (Å²) in [7, 11) is -10.7. The third-order valence-corrected chi connectivity index (χ3v) is 5.45. The highest BCUT2D eigenvalue weighted by Crippen LogP contribution is 2.33. The zero-order valence-corrected chi connectivity index (χ0v) is 13.3. The van der Waals surface area contributed by atoms with Crippen LogP contribution in [0.15, 0.2) is 46.2 Å². The third kappa shape index (κ3) is 2.45. The quantitative estimate of drug-likeness (QED) is 0.753. The fourth-order valence-electron chi connectivity index (χ4n) is 2.54. The van der Waals surface area contributed by atoms with Crippen LogP contribution in [0.2, 0.25) is 0 Å². The van der Waals surface area contributed by atoms with Gasteiger partial charge in [-0.1, -0.05) is 24.3 Å². The number of allylic oxidation sites excluding steroid dienone is 2. The molecule has 2 N–H and O–H groups in total. The van der Waals surface area contributed by atoms with E-state index in [-0.39, 0.29) is 11.1 Å². The van der Waals surface area contributed by atoms with Crippen LogP contribution in [-0.2, 0) is 20.2 Å². The molecule has 0 saturated heterocycles. The van der Waals surface area contributed by atoms with E-state index in [9.17, 15) is 26.4 Å². The first-order chi connectivity index (χ1) is 11.0. The minimum Gasteiger partial charge on any atom is -0.288 e. The Bertz CT molecular complexity index is 1080. The molecule has 8 nitrogen and oxygen atoms in total. The highest BCUT2D eigenvalue weighted by molar-refractivity contribution is 7.95. The van der Waals surface area contributed by atoms with Gasteiger partial charge in [0.15, 0.2) is 9.81 Å². The Hall–Kier alpha value is -2.40. The molecule has 124 valence electrons. The molecule has 0 spiro atoms.